The van der Waals surface area contributed by atoms with Gasteiger partial charge in [0, 0.05) is 32.6 Å². The van der Waals surface area contributed by atoms with Crippen molar-refractivity contribution in [2.24, 2.45) is 5.92 Å². The van der Waals surface area contributed by atoms with Gasteiger partial charge in [0.25, 0.3) is 5.91 Å². The molecule has 0 radical (unpaired) electrons. The molecule has 0 atom stereocenters. The fraction of sp³-hybridized carbons (Fsp3) is 0.579. The molecule has 2 fully saturated rings. The molecule has 5 nitrogen and oxygen atoms in total. The van der Waals surface area contributed by atoms with E-state index in [-0.39, 0.29) is 24.2 Å². The summed E-state index contributed by atoms with van der Waals surface area (Å²) in [5.74, 6) is 0.740. The smallest absolute Gasteiger partial charge is 0.255 e. The van der Waals surface area contributed by atoms with E-state index in [9.17, 15) is 9.59 Å². The predicted octanol–water partition coefficient (Wildman–Crippen LogP) is 3.48. The number of hydrogen-bond donors (Lipinski definition) is 1. The molecule has 0 aromatic heterocycles. The maximum absolute atomic E-state index is 12.7. The van der Waals surface area contributed by atoms with Crippen molar-refractivity contribution >= 4 is 47.4 Å². The van der Waals surface area contributed by atoms with E-state index < -0.39 is 0 Å². The highest BCUT2D eigenvalue weighted by Gasteiger charge is 2.26. The fourth-order valence-electron chi connectivity index (χ4n) is 3.65. The Morgan fingerprint density at radius 3 is 2.33 bits per heavy atom. The van der Waals surface area contributed by atoms with Crippen LogP contribution in [0.4, 0.5) is 0 Å². The van der Waals surface area contributed by atoms with Crippen molar-refractivity contribution in [1.29, 1.82) is 0 Å². The lowest BCUT2D eigenvalue weighted by atomic mass is 9.93. The van der Waals surface area contributed by atoms with E-state index in [0.717, 1.165) is 32.4 Å². The molecule has 1 aromatic rings. The number of amides is 2. The van der Waals surface area contributed by atoms with Gasteiger partial charge in [0.05, 0.1) is 15.6 Å². The first kappa shape index (κ1) is 22.3. The number of nitrogens with zero attached hydrogens (tertiary/aromatic N) is 2. The molecule has 1 N–H and O–H groups in total. The van der Waals surface area contributed by atoms with Crippen LogP contribution >= 0.6 is 35.6 Å². The monoisotopic (exact) mass is 433 g/mol. The van der Waals surface area contributed by atoms with Gasteiger partial charge in [-0.3, -0.25) is 9.59 Å². The first-order valence-electron chi connectivity index (χ1n) is 9.28. The number of halogens is 3. The molecule has 150 valence electrons. The van der Waals surface area contributed by atoms with Gasteiger partial charge in [-0.25, -0.2) is 0 Å². The van der Waals surface area contributed by atoms with Gasteiger partial charge < -0.3 is 15.1 Å². The average Bonchev–Trinajstić information content (AvgIpc) is 2.68. The minimum atomic E-state index is -0.126. The summed E-state index contributed by atoms with van der Waals surface area (Å²) in [6, 6.07) is 5.08. The highest BCUT2D eigenvalue weighted by atomic mass is 35.5. The summed E-state index contributed by atoms with van der Waals surface area (Å²) < 4.78 is 0. The lowest BCUT2D eigenvalue weighted by Crippen LogP contribution is -2.50. The Hall–Kier alpha value is -1.01. The molecular formula is C19H26Cl3N3O2. The summed E-state index contributed by atoms with van der Waals surface area (Å²) in [6.07, 6.45) is 3.91. The largest absolute Gasteiger partial charge is 0.339 e. The van der Waals surface area contributed by atoms with Crippen LogP contribution in [0.2, 0.25) is 10.0 Å². The van der Waals surface area contributed by atoms with E-state index in [4.69, 9.17) is 23.2 Å². The number of hydrogen-bond acceptors (Lipinski definition) is 3. The fourth-order valence-corrected chi connectivity index (χ4v) is 4.04. The average molecular weight is 435 g/mol. The van der Waals surface area contributed by atoms with Gasteiger partial charge in [-0.15, -0.1) is 12.4 Å². The van der Waals surface area contributed by atoms with Crippen LogP contribution in [0.25, 0.3) is 0 Å². The quantitative estimate of drug-likeness (QED) is 0.789. The third-order valence-corrected chi connectivity index (χ3v) is 6.15. The highest BCUT2D eigenvalue weighted by Crippen LogP contribution is 2.27. The van der Waals surface area contributed by atoms with Crippen molar-refractivity contribution in [2.75, 3.05) is 39.3 Å². The zero-order valence-electron chi connectivity index (χ0n) is 15.3. The van der Waals surface area contributed by atoms with Crippen molar-refractivity contribution in [3.8, 4) is 0 Å². The minimum Gasteiger partial charge on any atom is -0.339 e. The molecule has 0 saturated carbocycles. The SMILES string of the molecule is Cl.O=C(CCC1CCNCC1)N1CCN(C(=O)c2cccc(Cl)c2Cl)CC1. The maximum Gasteiger partial charge on any atom is 0.255 e. The summed E-state index contributed by atoms with van der Waals surface area (Å²) in [6.45, 7) is 4.34. The molecule has 0 unspecified atom stereocenters. The van der Waals surface area contributed by atoms with E-state index >= 15 is 0 Å². The zero-order chi connectivity index (χ0) is 18.5. The van der Waals surface area contributed by atoms with Crippen molar-refractivity contribution in [2.45, 2.75) is 25.7 Å². The van der Waals surface area contributed by atoms with Crippen LogP contribution in [-0.2, 0) is 4.79 Å². The predicted molar refractivity (Wildman–Crippen MR) is 111 cm³/mol. The van der Waals surface area contributed by atoms with Crippen molar-refractivity contribution < 1.29 is 9.59 Å². The minimum absolute atomic E-state index is 0. The van der Waals surface area contributed by atoms with Gasteiger partial charge in [-0.05, 0) is 50.4 Å². The number of rotatable bonds is 4. The van der Waals surface area contributed by atoms with Crippen molar-refractivity contribution in [3.05, 3.63) is 33.8 Å². The number of nitrogens with one attached hydrogen (secondary N) is 1. The van der Waals surface area contributed by atoms with Crippen LogP contribution in [-0.4, -0.2) is 60.9 Å². The molecule has 3 rings (SSSR count). The molecule has 2 aliphatic rings. The van der Waals surface area contributed by atoms with Gasteiger partial charge in [0.1, 0.15) is 0 Å². The Morgan fingerprint density at radius 2 is 1.67 bits per heavy atom. The number of carbonyl (C=O) groups is 2. The van der Waals surface area contributed by atoms with E-state index in [1.165, 1.54) is 0 Å². The van der Waals surface area contributed by atoms with Crippen LogP contribution in [0.1, 0.15) is 36.0 Å². The Bertz CT molecular complexity index is 658. The van der Waals surface area contributed by atoms with Crippen LogP contribution in [0.3, 0.4) is 0 Å². The second-order valence-corrected chi connectivity index (χ2v) is 7.79. The number of piperazine rings is 1. The number of piperidine rings is 1. The molecule has 0 spiro atoms. The van der Waals surface area contributed by atoms with E-state index in [1.807, 2.05) is 4.90 Å². The number of carbonyl (C=O) groups excluding carboxylic acids is 2. The third-order valence-electron chi connectivity index (χ3n) is 5.33. The molecule has 2 aliphatic heterocycles. The topological polar surface area (TPSA) is 52.7 Å². The van der Waals surface area contributed by atoms with Crippen LogP contribution in [0.5, 0.6) is 0 Å². The van der Waals surface area contributed by atoms with Gasteiger partial charge in [0.15, 0.2) is 0 Å². The van der Waals surface area contributed by atoms with Crippen LogP contribution in [0.15, 0.2) is 18.2 Å². The maximum atomic E-state index is 12.7. The van der Waals surface area contributed by atoms with Gasteiger partial charge in [0.2, 0.25) is 5.91 Å². The zero-order valence-corrected chi connectivity index (χ0v) is 17.6. The van der Waals surface area contributed by atoms with Gasteiger partial charge in [-0.1, -0.05) is 29.3 Å². The van der Waals surface area contributed by atoms with E-state index in [2.05, 4.69) is 5.32 Å². The Balaban J connectivity index is 0.00000261. The molecular weight excluding hydrogens is 409 g/mol. The lowest BCUT2D eigenvalue weighted by Gasteiger charge is -2.35. The summed E-state index contributed by atoms with van der Waals surface area (Å²) in [5.41, 5.74) is 0.421. The molecule has 2 heterocycles. The Morgan fingerprint density at radius 1 is 1.04 bits per heavy atom. The molecule has 1 aromatic carbocycles. The number of benzene rings is 1. The van der Waals surface area contributed by atoms with Gasteiger partial charge in [-0.2, -0.15) is 0 Å². The molecule has 27 heavy (non-hydrogen) atoms. The molecule has 0 aliphatic carbocycles. The standard InChI is InChI=1S/C19H25Cl2N3O2.ClH/c20-16-3-1-2-15(18(16)21)19(26)24-12-10-23(11-13-24)17(25)5-4-14-6-8-22-9-7-14;/h1-3,14,22H,4-13H2;1H. The molecule has 0 bridgehead atoms. The second-order valence-electron chi connectivity index (χ2n) is 7.01. The molecule has 8 heteroatoms. The third kappa shape index (κ3) is 5.74. The summed E-state index contributed by atoms with van der Waals surface area (Å²) >= 11 is 12.2. The first-order valence-corrected chi connectivity index (χ1v) is 10.0. The summed E-state index contributed by atoms with van der Waals surface area (Å²) in [5, 5.41) is 4.02. The first-order chi connectivity index (χ1) is 12.6. The van der Waals surface area contributed by atoms with Gasteiger partial charge >= 0.3 is 0 Å². The second kappa shape index (κ2) is 10.5. The Kier molecular flexibility index (Phi) is 8.67. The van der Waals surface area contributed by atoms with Crippen molar-refractivity contribution in [3.63, 3.8) is 0 Å². The lowest BCUT2D eigenvalue weighted by molar-refractivity contribution is -0.133. The van der Waals surface area contributed by atoms with E-state index in [1.54, 1.807) is 23.1 Å². The van der Waals surface area contributed by atoms with Crippen LogP contribution < -0.4 is 5.32 Å². The normalized spacial score (nSPS) is 18.1. The summed E-state index contributed by atoms with van der Waals surface area (Å²) in [4.78, 5) is 28.7. The molecule has 2 saturated heterocycles. The Labute approximate surface area is 176 Å². The summed E-state index contributed by atoms with van der Waals surface area (Å²) in [7, 11) is 0. The highest BCUT2D eigenvalue weighted by molar-refractivity contribution is 6.43. The molecule has 2 amide bonds. The van der Waals surface area contributed by atoms with Crippen LogP contribution in [0, 0.1) is 5.92 Å². The van der Waals surface area contributed by atoms with E-state index in [0.29, 0.717) is 54.1 Å². The van der Waals surface area contributed by atoms with Crippen molar-refractivity contribution in [1.82, 2.24) is 15.1 Å².